The number of aryl methyl sites for hydroxylation is 2. The van der Waals surface area contributed by atoms with Crippen LogP contribution in [-0.2, 0) is 22.5 Å². The minimum atomic E-state index is -1.04. The number of benzene rings is 1. The van der Waals surface area contributed by atoms with Gasteiger partial charge >= 0.3 is 11.7 Å². The number of carbonyl (C=O) groups excluding carboxylic acids is 2. The van der Waals surface area contributed by atoms with Crippen LogP contribution >= 0.6 is 11.3 Å². The molecule has 10 nitrogen and oxygen atoms in total. The second-order valence-electron chi connectivity index (χ2n) is 7.58. The van der Waals surface area contributed by atoms with Crippen LogP contribution in [-0.4, -0.2) is 33.0 Å². The lowest BCUT2D eigenvalue weighted by molar-refractivity contribution is -0.387. The molecule has 0 aliphatic carbocycles. The van der Waals surface area contributed by atoms with E-state index in [1.807, 2.05) is 0 Å². The summed E-state index contributed by atoms with van der Waals surface area (Å²) in [5.74, 6) is -1.87. The standard InChI is InChI=1S/C21H19FN4O6S/c1-11-17-19(24-15-5-3-2-4-8-25(15)20(17)28)33-18(11)21(29)32-10-16(27)23-12-6-7-13(22)14(9-12)26(30)31/h6-7,9H,2-5,8,10H2,1H3,(H,23,27). The average molecular weight is 474 g/mol. The minimum absolute atomic E-state index is 0.0130. The molecule has 1 N–H and O–H groups in total. The highest BCUT2D eigenvalue weighted by molar-refractivity contribution is 7.20. The highest BCUT2D eigenvalue weighted by Gasteiger charge is 2.24. The molecule has 0 fully saturated rings. The lowest BCUT2D eigenvalue weighted by Crippen LogP contribution is -2.24. The number of nitro benzene ring substituents is 1. The molecule has 0 saturated heterocycles. The Morgan fingerprint density at radius 1 is 1.33 bits per heavy atom. The fourth-order valence-electron chi connectivity index (χ4n) is 3.73. The van der Waals surface area contributed by atoms with Gasteiger partial charge in [0.15, 0.2) is 6.61 Å². The van der Waals surface area contributed by atoms with E-state index < -0.39 is 34.9 Å². The molecule has 0 unspecified atom stereocenters. The van der Waals surface area contributed by atoms with Crippen molar-refractivity contribution in [3.63, 3.8) is 0 Å². The lowest BCUT2D eigenvalue weighted by Gasteiger charge is -2.08. The van der Waals surface area contributed by atoms with E-state index in [0.29, 0.717) is 34.6 Å². The van der Waals surface area contributed by atoms with E-state index in [2.05, 4.69) is 10.3 Å². The van der Waals surface area contributed by atoms with E-state index in [1.54, 1.807) is 11.5 Å². The molecule has 0 spiro atoms. The summed E-state index contributed by atoms with van der Waals surface area (Å²) in [6, 6.07) is 2.88. The number of ether oxygens (including phenoxy) is 1. The third kappa shape index (κ3) is 4.46. The van der Waals surface area contributed by atoms with Gasteiger partial charge in [-0.2, -0.15) is 4.39 Å². The molecule has 3 heterocycles. The quantitative estimate of drug-likeness (QED) is 0.341. The largest absolute Gasteiger partial charge is 0.451 e. The van der Waals surface area contributed by atoms with Crippen LogP contribution in [0.2, 0.25) is 0 Å². The Hall–Kier alpha value is -3.67. The van der Waals surface area contributed by atoms with Crippen LogP contribution in [0.5, 0.6) is 0 Å². The van der Waals surface area contributed by atoms with E-state index in [0.717, 1.165) is 48.8 Å². The number of carbonyl (C=O) groups is 2. The number of nitrogens with zero attached hydrogens (tertiary/aromatic N) is 3. The molecule has 172 valence electrons. The van der Waals surface area contributed by atoms with Crippen molar-refractivity contribution >= 4 is 44.8 Å². The maximum absolute atomic E-state index is 13.4. The fraction of sp³-hybridized carbons (Fsp3) is 0.333. The first kappa shape index (κ1) is 22.5. The van der Waals surface area contributed by atoms with Crippen molar-refractivity contribution in [2.75, 3.05) is 11.9 Å². The van der Waals surface area contributed by atoms with Gasteiger partial charge in [0.2, 0.25) is 5.82 Å². The number of nitro groups is 1. The minimum Gasteiger partial charge on any atom is -0.451 e. The molecule has 2 aromatic heterocycles. The fourth-order valence-corrected chi connectivity index (χ4v) is 4.81. The van der Waals surface area contributed by atoms with Crippen molar-refractivity contribution in [1.82, 2.24) is 9.55 Å². The van der Waals surface area contributed by atoms with Crippen molar-refractivity contribution in [3.05, 3.63) is 60.7 Å². The van der Waals surface area contributed by atoms with Crippen molar-refractivity contribution < 1.29 is 23.6 Å². The predicted molar refractivity (Wildman–Crippen MR) is 118 cm³/mol. The second kappa shape index (κ2) is 9.06. The highest BCUT2D eigenvalue weighted by Crippen LogP contribution is 2.29. The monoisotopic (exact) mass is 474 g/mol. The topological polar surface area (TPSA) is 133 Å². The SMILES string of the molecule is Cc1c(C(=O)OCC(=O)Nc2ccc(F)c([N+](=O)[O-])c2)sc2nc3n(c(=O)c12)CCCCC3. The molecule has 1 aliphatic heterocycles. The van der Waals surface area contributed by atoms with Crippen LogP contribution in [0, 0.1) is 22.9 Å². The third-order valence-electron chi connectivity index (χ3n) is 5.36. The highest BCUT2D eigenvalue weighted by atomic mass is 32.1. The maximum Gasteiger partial charge on any atom is 0.349 e. The van der Waals surface area contributed by atoms with Gasteiger partial charge in [0.05, 0.1) is 10.3 Å². The molecule has 1 aromatic carbocycles. The van der Waals surface area contributed by atoms with Crippen molar-refractivity contribution in [2.45, 2.75) is 39.2 Å². The van der Waals surface area contributed by atoms with Gasteiger partial charge in [0.25, 0.3) is 11.5 Å². The summed E-state index contributed by atoms with van der Waals surface area (Å²) in [6.07, 6.45) is 3.57. The van der Waals surface area contributed by atoms with Gasteiger partial charge in [0.1, 0.15) is 15.5 Å². The van der Waals surface area contributed by atoms with Crippen molar-refractivity contribution in [1.29, 1.82) is 0 Å². The van der Waals surface area contributed by atoms with Gasteiger partial charge in [0, 0.05) is 24.7 Å². The number of rotatable bonds is 5. The van der Waals surface area contributed by atoms with E-state index in [-0.39, 0.29) is 16.1 Å². The van der Waals surface area contributed by atoms with Crippen LogP contribution in [0.25, 0.3) is 10.2 Å². The zero-order chi connectivity index (χ0) is 23.7. The lowest BCUT2D eigenvalue weighted by atomic mass is 10.2. The molecule has 1 aliphatic rings. The van der Waals surface area contributed by atoms with Gasteiger partial charge in [-0.1, -0.05) is 6.42 Å². The number of anilines is 1. The van der Waals surface area contributed by atoms with Gasteiger partial charge in [-0.05, 0) is 37.5 Å². The Kier molecular flexibility index (Phi) is 6.18. The molecule has 3 aromatic rings. The number of amides is 1. The van der Waals surface area contributed by atoms with Crippen LogP contribution < -0.4 is 10.9 Å². The number of nitrogens with one attached hydrogen (secondary N) is 1. The summed E-state index contributed by atoms with van der Waals surface area (Å²) >= 11 is 1.04. The zero-order valence-electron chi connectivity index (χ0n) is 17.6. The number of hydrogen-bond donors (Lipinski definition) is 1. The summed E-state index contributed by atoms with van der Waals surface area (Å²) in [7, 11) is 0. The predicted octanol–water partition coefficient (Wildman–Crippen LogP) is 3.34. The van der Waals surface area contributed by atoms with E-state index in [4.69, 9.17) is 4.74 Å². The number of thiophene rings is 1. The molecule has 0 radical (unpaired) electrons. The average Bonchev–Trinajstić information content (AvgIpc) is 2.94. The summed E-state index contributed by atoms with van der Waals surface area (Å²) in [5, 5.41) is 13.5. The molecule has 33 heavy (non-hydrogen) atoms. The van der Waals surface area contributed by atoms with Crippen molar-refractivity contribution in [3.8, 4) is 0 Å². The van der Waals surface area contributed by atoms with E-state index in [1.165, 1.54) is 0 Å². The summed E-state index contributed by atoms with van der Waals surface area (Å²) < 4.78 is 20.2. The number of fused-ring (bicyclic) bond motifs is 2. The molecule has 4 rings (SSSR count). The Morgan fingerprint density at radius 2 is 2.12 bits per heavy atom. The normalized spacial score (nSPS) is 13.3. The summed E-state index contributed by atoms with van der Waals surface area (Å²) in [6.45, 7) is 1.56. The van der Waals surface area contributed by atoms with Crippen LogP contribution in [0.3, 0.4) is 0 Å². The molecule has 1 amide bonds. The van der Waals surface area contributed by atoms with Crippen LogP contribution in [0.4, 0.5) is 15.8 Å². The molecule has 0 atom stereocenters. The summed E-state index contributed by atoms with van der Waals surface area (Å²) in [5.41, 5.74) is -0.532. The van der Waals surface area contributed by atoms with E-state index >= 15 is 0 Å². The number of hydrogen-bond acceptors (Lipinski definition) is 8. The smallest absolute Gasteiger partial charge is 0.349 e. The maximum atomic E-state index is 13.4. The molecule has 12 heteroatoms. The Morgan fingerprint density at radius 3 is 2.88 bits per heavy atom. The Balaban J connectivity index is 1.49. The number of aromatic nitrogens is 2. The zero-order valence-corrected chi connectivity index (χ0v) is 18.4. The summed E-state index contributed by atoms with van der Waals surface area (Å²) in [4.78, 5) is 52.8. The second-order valence-corrected chi connectivity index (χ2v) is 8.58. The van der Waals surface area contributed by atoms with Gasteiger partial charge < -0.3 is 10.1 Å². The molecular formula is C21H19FN4O6S. The Bertz CT molecular complexity index is 1350. The number of esters is 1. The Labute approximate surface area is 190 Å². The van der Waals surface area contributed by atoms with Gasteiger partial charge in [-0.15, -0.1) is 11.3 Å². The molecule has 0 saturated carbocycles. The van der Waals surface area contributed by atoms with Gasteiger partial charge in [-0.25, -0.2) is 9.78 Å². The number of halogens is 1. The van der Waals surface area contributed by atoms with Gasteiger partial charge in [-0.3, -0.25) is 24.3 Å². The third-order valence-corrected chi connectivity index (χ3v) is 6.52. The molecular weight excluding hydrogens is 455 g/mol. The molecule has 0 bridgehead atoms. The first-order valence-corrected chi connectivity index (χ1v) is 11.0. The van der Waals surface area contributed by atoms with Crippen molar-refractivity contribution in [2.24, 2.45) is 0 Å². The van der Waals surface area contributed by atoms with E-state index in [9.17, 15) is 28.9 Å². The van der Waals surface area contributed by atoms with Crippen LogP contribution in [0.15, 0.2) is 23.0 Å². The first-order chi connectivity index (χ1) is 15.8. The first-order valence-electron chi connectivity index (χ1n) is 10.2. The van der Waals surface area contributed by atoms with Crippen LogP contribution in [0.1, 0.15) is 40.3 Å².